The topological polar surface area (TPSA) is 92.9 Å². The van der Waals surface area contributed by atoms with Crippen LogP contribution in [0.25, 0.3) is 0 Å². The number of methoxy groups -OCH3 is 1. The minimum Gasteiger partial charge on any atom is -0.497 e. The average molecular weight is 278 g/mol. The molecule has 1 fully saturated rings. The van der Waals surface area contributed by atoms with E-state index in [2.05, 4.69) is 0 Å². The molecule has 6 nitrogen and oxygen atoms in total. The first-order chi connectivity index (χ1) is 9.45. The summed E-state index contributed by atoms with van der Waals surface area (Å²) in [5, 5.41) is 9.06. The molecule has 1 aliphatic rings. The maximum Gasteiger partial charge on any atom is 0.310 e. The highest BCUT2D eigenvalue weighted by molar-refractivity contribution is 5.91. The summed E-state index contributed by atoms with van der Waals surface area (Å²) in [5.41, 5.74) is 6.60. The number of carboxylic acids is 1. The average Bonchev–Trinajstić information content (AvgIpc) is 2.75. The molecule has 3 N–H and O–H groups in total. The second kappa shape index (κ2) is 5.50. The van der Waals surface area contributed by atoms with Gasteiger partial charge in [0.25, 0.3) is 0 Å². The summed E-state index contributed by atoms with van der Waals surface area (Å²) < 4.78 is 5.08. The van der Waals surface area contributed by atoms with Gasteiger partial charge < -0.3 is 20.5 Å². The first-order valence-corrected chi connectivity index (χ1v) is 6.38. The van der Waals surface area contributed by atoms with Gasteiger partial charge in [0.15, 0.2) is 0 Å². The number of nitrogens with zero attached hydrogens (tertiary/aromatic N) is 1. The summed E-state index contributed by atoms with van der Waals surface area (Å²) >= 11 is 0. The van der Waals surface area contributed by atoms with Gasteiger partial charge in [-0.15, -0.1) is 0 Å². The van der Waals surface area contributed by atoms with Crippen molar-refractivity contribution < 1.29 is 19.4 Å². The number of hydrogen-bond donors (Lipinski definition) is 2. The Morgan fingerprint density at radius 2 is 2.05 bits per heavy atom. The molecular formula is C14H18N2O4. The highest BCUT2D eigenvalue weighted by Crippen LogP contribution is 2.29. The molecule has 2 rings (SSSR count). The molecule has 3 atom stereocenters. The number of rotatable bonds is 4. The van der Waals surface area contributed by atoms with Crippen LogP contribution in [0.5, 0.6) is 5.75 Å². The lowest BCUT2D eigenvalue weighted by atomic mass is 10.1. The molecule has 1 amide bonds. The third-order valence-corrected chi connectivity index (χ3v) is 3.78. The molecule has 1 saturated heterocycles. The van der Waals surface area contributed by atoms with E-state index in [4.69, 9.17) is 15.6 Å². The molecular weight excluding hydrogens is 260 g/mol. The third kappa shape index (κ3) is 2.46. The molecule has 6 heteroatoms. The van der Waals surface area contributed by atoms with Crippen LogP contribution in [0.1, 0.15) is 18.5 Å². The van der Waals surface area contributed by atoms with Gasteiger partial charge in [0.2, 0.25) is 5.91 Å². The van der Waals surface area contributed by atoms with Gasteiger partial charge in [0.05, 0.1) is 25.1 Å². The van der Waals surface area contributed by atoms with Crippen molar-refractivity contribution in [2.75, 3.05) is 13.7 Å². The maximum absolute atomic E-state index is 12.1. The zero-order valence-corrected chi connectivity index (χ0v) is 11.4. The van der Waals surface area contributed by atoms with Gasteiger partial charge in [0.1, 0.15) is 5.75 Å². The molecule has 1 aliphatic heterocycles. The van der Waals surface area contributed by atoms with Gasteiger partial charge in [-0.05, 0) is 24.6 Å². The summed E-state index contributed by atoms with van der Waals surface area (Å²) in [7, 11) is 1.58. The van der Waals surface area contributed by atoms with Crippen molar-refractivity contribution in [3.63, 3.8) is 0 Å². The van der Waals surface area contributed by atoms with Crippen LogP contribution < -0.4 is 10.5 Å². The maximum atomic E-state index is 12.1. The quantitative estimate of drug-likeness (QED) is 0.842. The first kappa shape index (κ1) is 14.3. The van der Waals surface area contributed by atoms with Crippen molar-refractivity contribution in [2.45, 2.75) is 19.0 Å². The molecule has 0 radical (unpaired) electrons. The number of carbonyl (C=O) groups excluding carboxylic acids is 1. The van der Waals surface area contributed by atoms with Crippen LogP contribution in [-0.2, 0) is 9.59 Å². The zero-order valence-electron chi connectivity index (χ0n) is 11.4. The Kier molecular flexibility index (Phi) is 3.94. The lowest BCUT2D eigenvalue weighted by Gasteiger charge is -2.25. The third-order valence-electron chi connectivity index (χ3n) is 3.78. The number of carbonyl (C=O) groups is 2. The van der Waals surface area contributed by atoms with Gasteiger partial charge in [-0.25, -0.2) is 0 Å². The Balaban J connectivity index is 2.18. The molecule has 20 heavy (non-hydrogen) atoms. The molecule has 0 unspecified atom stereocenters. The highest BCUT2D eigenvalue weighted by Gasteiger charge is 2.43. The van der Waals surface area contributed by atoms with Crippen molar-refractivity contribution in [1.29, 1.82) is 0 Å². The van der Waals surface area contributed by atoms with Crippen molar-refractivity contribution >= 4 is 11.9 Å². The number of benzene rings is 1. The number of amides is 1. The number of aliphatic carboxylic acids is 1. The van der Waals surface area contributed by atoms with E-state index < -0.39 is 17.9 Å². The van der Waals surface area contributed by atoms with E-state index in [-0.39, 0.29) is 18.5 Å². The van der Waals surface area contributed by atoms with E-state index >= 15 is 0 Å². The second-order valence-electron chi connectivity index (χ2n) is 4.91. The number of nitrogens with two attached hydrogens (primary N) is 1. The van der Waals surface area contributed by atoms with Crippen molar-refractivity contribution in [1.82, 2.24) is 4.90 Å². The van der Waals surface area contributed by atoms with Crippen LogP contribution in [0.3, 0.4) is 0 Å². The van der Waals surface area contributed by atoms with E-state index in [9.17, 15) is 9.59 Å². The van der Waals surface area contributed by atoms with E-state index in [1.165, 1.54) is 4.90 Å². The van der Waals surface area contributed by atoms with E-state index in [0.717, 1.165) is 11.3 Å². The van der Waals surface area contributed by atoms with Crippen LogP contribution in [0.2, 0.25) is 0 Å². The Morgan fingerprint density at radius 3 is 2.50 bits per heavy atom. The largest absolute Gasteiger partial charge is 0.497 e. The molecule has 0 spiro atoms. The van der Waals surface area contributed by atoms with Crippen LogP contribution in [0.15, 0.2) is 24.3 Å². The van der Waals surface area contributed by atoms with Gasteiger partial charge in [0, 0.05) is 6.54 Å². The molecule has 1 aromatic carbocycles. The van der Waals surface area contributed by atoms with Crippen LogP contribution in [-0.4, -0.2) is 41.6 Å². The fourth-order valence-electron chi connectivity index (χ4n) is 2.42. The lowest BCUT2D eigenvalue weighted by molar-refractivity contribution is -0.142. The number of carboxylic acid groups (broad SMARTS) is 1. The smallest absolute Gasteiger partial charge is 0.310 e. The summed E-state index contributed by atoms with van der Waals surface area (Å²) in [6.45, 7) is 2.00. The fraction of sp³-hybridized carbons (Fsp3) is 0.429. The molecule has 0 saturated carbocycles. The summed E-state index contributed by atoms with van der Waals surface area (Å²) in [4.78, 5) is 24.7. The molecule has 0 aromatic heterocycles. The predicted octanol–water partition coefficient (Wildman–Crippen LogP) is 0.627. The Labute approximate surface area is 117 Å². The first-order valence-electron chi connectivity index (χ1n) is 6.38. The molecule has 0 bridgehead atoms. The number of hydrogen-bond acceptors (Lipinski definition) is 4. The van der Waals surface area contributed by atoms with Crippen molar-refractivity contribution in [2.24, 2.45) is 11.7 Å². The minimum absolute atomic E-state index is 0.141. The predicted molar refractivity (Wildman–Crippen MR) is 72.2 cm³/mol. The standard InChI is InChI=1S/C14H18N2O4/c1-8(9-3-5-10(20-2)6-4-9)16-7-11(14(18)19)12(15)13(16)17/h3-6,8,11-12H,7,15H2,1-2H3,(H,18,19)/t8-,11+,12-/m0/s1. The lowest BCUT2D eigenvalue weighted by Crippen LogP contribution is -2.38. The normalized spacial score (nSPS) is 23.8. The fourth-order valence-corrected chi connectivity index (χ4v) is 2.42. The van der Waals surface area contributed by atoms with Gasteiger partial charge in [-0.2, -0.15) is 0 Å². The Morgan fingerprint density at radius 1 is 1.45 bits per heavy atom. The van der Waals surface area contributed by atoms with E-state index in [1.54, 1.807) is 19.2 Å². The summed E-state index contributed by atoms with van der Waals surface area (Å²) in [5.74, 6) is -1.46. The van der Waals surface area contributed by atoms with Crippen LogP contribution in [0, 0.1) is 5.92 Å². The Bertz CT molecular complexity index is 514. The van der Waals surface area contributed by atoms with Crippen LogP contribution in [0.4, 0.5) is 0 Å². The van der Waals surface area contributed by atoms with E-state index in [0.29, 0.717) is 0 Å². The zero-order chi connectivity index (χ0) is 14.9. The molecule has 1 heterocycles. The summed E-state index contributed by atoms with van der Waals surface area (Å²) in [6, 6.07) is 6.14. The second-order valence-corrected chi connectivity index (χ2v) is 4.91. The summed E-state index contributed by atoms with van der Waals surface area (Å²) in [6.07, 6.45) is 0. The van der Waals surface area contributed by atoms with Crippen molar-refractivity contribution in [3.8, 4) is 5.75 Å². The molecule has 0 aliphatic carbocycles. The minimum atomic E-state index is -1.03. The van der Waals surface area contributed by atoms with Crippen LogP contribution >= 0.6 is 0 Å². The SMILES string of the molecule is COc1ccc([C@H](C)N2C[C@@H](C(=O)O)[C@H](N)C2=O)cc1. The monoisotopic (exact) mass is 278 g/mol. The molecule has 108 valence electrons. The van der Waals surface area contributed by atoms with Gasteiger partial charge >= 0.3 is 5.97 Å². The van der Waals surface area contributed by atoms with Gasteiger partial charge in [-0.3, -0.25) is 9.59 Å². The van der Waals surface area contributed by atoms with Gasteiger partial charge in [-0.1, -0.05) is 12.1 Å². The van der Waals surface area contributed by atoms with E-state index in [1.807, 2.05) is 19.1 Å². The number of likely N-dealkylation sites (tertiary alicyclic amines) is 1. The molecule has 1 aromatic rings. The number of ether oxygens (including phenoxy) is 1. The Hall–Kier alpha value is -2.08. The van der Waals surface area contributed by atoms with Crippen molar-refractivity contribution in [3.05, 3.63) is 29.8 Å². The highest BCUT2D eigenvalue weighted by atomic mass is 16.5.